The number of halogens is 1. The molecule has 1 aliphatic heterocycles. The van der Waals surface area contributed by atoms with Crippen LogP contribution < -0.4 is 5.32 Å². The standard InChI is InChI=1S/C12H23N3O2.ClH/c1-12(6-5-7-13-9-12)11(17)15(4)8-10(16)14(2)3;/h13H,5-9H2,1-4H3;1H. The lowest BCUT2D eigenvalue weighted by molar-refractivity contribution is -0.145. The largest absolute Gasteiger partial charge is 0.347 e. The molecule has 0 aromatic carbocycles. The fourth-order valence-corrected chi connectivity index (χ4v) is 2.12. The third-order valence-corrected chi connectivity index (χ3v) is 3.33. The van der Waals surface area contributed by atoms with Gasteiger partial charge in [0.25, 0.3) is 0 Å². The summed E-state index contributed by atoms with van der Waals surface area (Å²) < 4.78 is 0. The Hall–Kier alpha value is -0.810. The predicted molar refractivity (Wildman–Crippen MR) is 73.8 cm³/mol. The number of carbonyl (C=O) groups excluding carboxylic acids is 2. The van der Waals surface area contributed by atoms with Crippen LogP contribution in [-0.2, 0) is 9.59 Å². The summed E-state index contributed by atoms with van der Waals surface area (Å²) in [6, 6.07) is 0. The molecular weight excluding hydrogens is 254 g/mol. The molecular formula is C12H24ClN3O2. The molecule has 0 spiro atoms. The molecule has 0 aromatic heterocycles. The molecule has 1 fully saturated rings. The molecule has 0 saturated carbocycles. The third kappa shape index (κ3) is 4.14. The Bertz CT molecular complexity index is 302. The first-order valence-corrected chi connectivity index (χ1v) is 6.03. The van der Waals surface area contributed by atoms with Crippen LogP contribution >= 0.6 is 12.4 Å². The first kappa shape index (κ1) is 17.2. The van der Waals surface area contributed by atoms with Crippen molar-refractivity contribution >= 4 is 24.2 Å². The minimum absolute atomic E-state index is 0. The summed E-state index contributed by atoms with van der Waals surface area (Å²) in [5.74, 6) is 0.00752. The molecule has 1 N–H and O–H groups in total. The van der Waals surface area contributed by atoms with Gasteiger partial charge in [-0.15, -0.1) is 12.4 Å². The predicted octanol–water partition coefficient (Wildman–Crippen LogP) is 0.344. The van der Waals surface area contributed by atoms with Crippen molar-refractivity contribution in [3.8, 4) is 0 Å². The van der Waals surface area contributed by atoms with E-state index in [0.717, 1.165) is 19.4 Å². The summed E-state index contributed by atoms with van der Waals surface area (Å²) in [7, 11) is 5.10. The molecule has 0 aliphatic carbocycles. The van der Waals surface area contributed by atoms with E-state index in [4.69, 9.17) is 0 Å². The van der Waals surface area contributed by atoms with E-state index >= 15 is 0 Å². The fraction of sp³-hybridized carbons (Fsp3) is 0.833. The van der Waals surface area contributed by atoms with Crippen molar-refractivity contribution in [2.45, 2.75) is 19.8 Å². The Morgan fingerprint density at radius 2 is 1.89 bits per heavy atom. The van der Waals surface area contributed by atoms with Gasteiger partial charge in [-0.05, 0) is 26.3 Å². The quantitative estimate of drug-likeness (QED) is 0.810. The van der Waals surface area contributed by atoms with E-state index in [2.05, 4.69) is 5.32 Å². The third-order valence-electron chi connectivity index (χ3n) is 3.33. The van der Waals surface area contributed by atoms with E-state index in [1.54, 1.807) is 21.1 Å². The van der Waals surface area contributed by atoms with Gasteiger partial charge in [-0.2, -0.15) is 0 Å². The van der Waals surface area contributed by atoms with Crippen LogP contribution in [-0.4, -0.2) is 62.4 Å². The monoisotopic (exact) mass is 277 g/mol. The highest BCUT2D eigenvalue weighted by molar-refractivity contribution is 5.87. The summed E-state index contributed by atoms with van der Waals surface area (Å²) in [6.45, 7) is 3.80. The van der Waals surface area contributed by atoms with Crippen LogP contribution in [0.3, 0.4) is 0 Å². The second kappa shape index (κ2) is 6.95. The van der Waals surface area contributed by atoms with E-state index in [9.17, 15) is 9.59 Å². The van der Waals surface area contributed by atoms with Crippen LogP contribution in [0.15, 0.2) is 0 Å². The summed E-state index contributed by atoms with van der Waals surface area (Å²) in [5, 5.41) is 3.24. The Morgan fingerprint density at radius 3 is 2.33 bits per heavy atom. The van der Waals surface area contributed by atoms with Crippen LogP contribution in [0.25, 0.3) is 0 Å². The van der Waals surface area contributed by atoms with Crippen molar-refractivity contribution < 1.29 is 9.59 Å². The maximum Gasteiger partial charge on any atom is 0.241 e. The van der Waals surface area contributed by atoms with Crippen molar-refractivity contribution in [1.82, 2.24) is 15.1 Å². The number of piperidine rings is 1. The van der Waals surface area contributed by atoms with Gasteiger partial charge in [0, 0.05) is 27.7 Å². The SMILES string of the molecule is CN(C)C(=O)CN(C)C(=O)C1(C)CCCNC1.Cl. The molecule has 2 amide bonds. The highest BCUT2D eigenvalue weighted by atomic mass is 35.5. The number of hydrogen-bond acceptors (Lipinski definition) is 3. The van der Waals surface area contributed by atoms with Gasteiger partial charge in [0.05, 0.1) is 12.0 Å². The lowest BCUT2D eigenvalue weighted by Gasteiger charge is -2.36. The highest BCUT2D eigenvalue weighted by Crippen LogP contribution is 2.27. The molecule has 0 aromatic rings. The molecule has 5 nitrogen and oxygen atoms in total. The molecule has 1 heterocycles. The van der Waals surface area contributed by atoms with Crippen molar-refractivity contribution in [2.75, 3.05) is 40.8 Å². The second-order valence-electron chi connectivity index (χ2n) is 5.29. The van der Waals surface area contributed by atoms with Crippen molar-refractivity contribution in [1.29, 1.82) is 0 Å². The summed E-state index contributed by atoms with van der Waals surface area (Å²) in [6.07, 6.45) is 1.90. The summed E-state index contributed by atoms with van der Waals surface area (Å²) in [5.41, 5.74) is -0.362. The van der Waals surface area contributed by atoms with Crippen LogP contribution in [0.5, 0.6) is 0 Å². The molecule has 1 aliphatic rings. The number of hydrogen-bond donors (Lipinski definition) is 1. The lowest BCUT2D eigenvalue weighted by Crippen LogP contribution is -2.51. The van der Waals surface area contributed by atoms with Gasteiger partial charge in [-0.25, -0.2) is 0 Å². The average molecular weight is 278 g/mol. The van der Waals surface area contributed by atoms with E-state index < -0.39 is 0 Å². The lowest BCUT2D eigenvalue weighted by atomic mass is 9.81. The summed E-state index contributed by atoms with van der Waals surface area (Å²) >= 11 is 0. The molecule has 18 heavy (non-hydrogen) atoms. The van der Waals surface area contributed by atoms with Gasteiger partial charge >= 0.3 is 0 Å². The zero-order valence-corrected chi connectivity index (χ0v) is 12.5. The molecule has 1 unspecified atom stereocenters. The molecule has 106 valence electrons. The van der Waals surface area contributed by atoms with Crippen molar-refractivity contribution in [3.05, 3.63) is 0 Å². The number of carbonyl (C=O) groups is 2. The maximum atomic E-state index is 12.3. The Morgan fingerprint density at radius 1 is 1.28 bits per heavy atom. The minimum atomic E-state index is -0.362. The number of nitrogens with zero attached hydrogens (tertiary/aromatic N) is 2. The van der Waals surface area contributed by atoms with Crippen molar-refractivity contribution in [3.63, 3.8) is 0 Å². The van der Waals surface area contributed by atoms with E-state index in [1.165, 1.54) is 9.80 Å². The number of nitrogens with one attached hydrogen (secondary N) is 1. The topological polar surface area (TPSA) is 52.7 Å². The molecule has 0 bridgehead atoms. The molecule has 1 atom stereocenters. The molecule has 1 saturated heterocycles. The number of rotatable bonds is 3. The van der Waals surface area contributed by atoms with Gasteiger partial charge in [0.2, 0.25) is 11.8 Å². The Balaban J connectivity index is 0.00000289. The first-order valence-electron chi connectivity index (χ1n) is 6.03. The van der Waals surface area contributed by atoms with E-state index in [-0.39, 0.29) is 36.2 Å². The van der Waals surface area contributed by atoms with Gasteiger partial charge in [0.1, 0.15) is 0 Å². The summed E-state index contributed by atoms with van der Waals surface area (Å²) in [4.78, 5) is 26.9. The molecule has 0 radical (unpaired) electrons. The zero-order valence-electron chi connectivity index (χ0n) is 11.7. The van der Waals surface area contributed by atoms with Gasteiger partial charge < -0.3 is 15.1 Å². The normalized spacial score (nSPS) is 22.9. The van der Waals surface area contributed by atoms with Crippen LogP contribution in [0.4, 0.5) is 0 Å². The smallest absolute Gasteiger partial charge is 0.241 e. The molecule has 6 heteroatoms. The Kier molecular flexibility index (Phi) is 6.63. The zero-order chi connectivity index (χ0) is 13.1. The highest BCUT2D eigenvalue weighted by Gasteiger charge is 2.37. The maximum absolute atomic E-state index is 12.3. The Labute approximate surface area is 115 Å². The number of amides is 2. The first-order chi connectivity index (χ1) is 7.87. The van der Waals surface area contributed by atoms with Crippen LogP contribution in [0.2, 0.25) is 0 Å². The molecule has 1 rings (SSSR count). The van der Waals surface area contributed by atoms with E-state index in [0.29, 0.717) is 6.54 Å². The average Bonchev–Trinajstić information content (AvgIpc) is 2.28. The fourth-order valence-electron chi connectivity index (χ4n) is 2.12. The van der Waals surface area contributed by atoms with Crippen molar-refractivity contribution in [2.24, 2.45) is 5.41 Å². The van der Waals surface area contributed by atoms with Gasteiger partial charge in [-0.3, -0.25) is 9.59 Å². The van der Waals surface area contributed by atoms with Crippen LogP contribution in [0, 0.1) is 5.41 Å². The number of likely N-dealkylation sites (N-methyl/N-ethyl adjacent to an activating group) is 2. The minimum Gasteiger partial charge on any atom is -0.347 e. The van der Waals surface area contributed by atoms with Gasteiger partial charge in [-0.1, -0.05) is 0 Å². The van der Waals surface area contributed by atoms with Crippen LogP contribution in [0.1, 0.15) is 19.8 Å². The van der Waals surface area contributed by atoms with Gasteiger partial charge in [0.15, 0.2) is 0 Å². The second-order valence-corrected chi connectivity index (χ2v) is 5.29. The van der Waals surface area contributed by atoms with E-state index in [1.807, 2.05) is 6.92 Å².